The van der Waals surface area contributed by atoms with Crippen LogP contribution in [0, 0.1) is 5.82 Å². The number of carbonyl (C=O) groups is 3. The van der Waals surface area contributed by atoms with Crippen LogP contribution in [0.2, 0.25) is 5.02 Å². The van der Waals surface area contributed by atoms with E-state index in [4.69, 9.17) is 16.0 Å². The first-order chi connectivity index (χ1) is 17.2. The van der Waals surface area contributed by atoms with Crippen LogP contribution in [-0.4, -0.2) is 67.5 Å². The van der Waals surface area contributed by atoms with Crippen molar-refractivity contribution in [2.45, 2.75) is 10.3 Å². The zero-order valence-corrected chi connectivity index (χ0v) is 20.3. The first-order valence-electron chi connectivity index (χ1n) is 10.8. The topological polar surface area (TPSA) is 117 Å². The molecule has 1 aliphatic rings. The van der Waals surface area contributed by atoms with Gasteiger partial charge in [0.2, 0.25) is 15.2 Å². The van der Waals surface area contributed by atoms with E-state index in [1.807, 2.05) is 0 Å². The van der Waals surface area contributed by atoms with Gasteiger partial charge in [0.15, 0.2) is 5.76 Å². The van der Waals surface area contributed by atoms with Gasteiger partial charge < -0.3 is 19.5 Å². The molecule has 2 heterocycles. The lowest BCUT2D eigenvalue weighted by molar-refractivity contribution is -0.132. The Kier molecular flexibility index (Phi) is 7.41. The minimum absolute atomic E-state index is 0.0459. The molecule has 3 amide bonds. The van der Waals surface area contributed by atoms with E-state index in [0.717, 1.165) is 24.3 Å². The third kappa shape index (κ3) is 5.42. The van der Waals surface area contributed by atoms with E-state index in [0.29, 0.717) is 10.6 Å². The Labute approximate surface area is 211 Å². The fourth-order valence-electron chi connectivity index (χ4n) is 3.70. The molecule has 1 fully saturated rings. The summed E-state index contributed by atoms with van der Waals surface area (Å²) in [5.41, 5.74) is 0.432. The number of amides is 3. The maximum Gasteiger partial charge on any atom is 0.288 e. The second kappa shape index (κ2) is 10.5. The van der Waals surface area contributed by atoms with Gasteiger partial charge >= 0.3 is 0 Å². The summed E-state index contributed by atoms with van der Waals surface area (Å²) in [4.78, 5) is 41.2. The fraction of sp³-hybridized carbons (Fsp3) is 0.208. The predicted octanol–water partition coefficient (Wildman–Crippen LogP) is 2.59. The summed E-state index contributed by atoms with van der Waals surface area (Å²) < 4.78 is 45.0. The van der Waals surface area contributed by atoms with E-state index in [2.05, 4.69) is 5.32 Å². The quantitative estimate of drug-likeness (QED) is 0.487. The Bertz CT molecular complexity index is 1350. The number of carbonyl (C=O) groups excluding carboxylic acids is 3. The lowest BCUT2D eigenvalue weighted by Gasteiger charge is -2.36. The van der Waals surface area contributed by atoms with Crippen LogP contribution in [0.3, 0.4) is 0 Å². The third-order valence-corrected chi connectivity index (χ3v) is 7.77. The van der Waals surface area contributed by atoms with Gasteiger partial charge in [0, 0.05) is 36.8 Å². The maximum absolute atomic E-state index is 13.4. The summed E-state index contributed by atoms with van der Waals surface area (Å²) in [7, 11) is -4.45. The van der Waals surface area contributed by atoms with Crippen LogP contribution < -0.4 is 5.32 Å². The standard InChI is InChI=1S/C24H21ClFN3O6S/c25-17-5-3-16(4-6-17)23(31)28-11-13-29(14-12-28)24(32)22(27-21(30)20-2-1-15-35-20)36(33,34)19-9-7-18(26)8-10-19/h1-10,15,22H,11-14H2,(H,27,30)/t22-/m1/s1. The normalized spacial score (nSPS) is 14.8. The van der Waals surface area contributed by atoms with Crippen molar-refractivity contribution in [1.29, 1.82) is 0 Å². The first-order valence-corrected chi connectivity index (χ1v) is 12.8. The molecule has 9 nitrogen and oxygen atoms in total. The molecular weight excluding hydrogens is 513 g/mol. The SMILES string of the molecule is O=C(N[C@@H](C(=O)N1CCN(C(=O)c2ccc(Cl)cc2)CC1)S(=O)(=O)c1ccc(F)cc1)c1ccco1. The zero-order chi connectivity index (χ0) is 25.9. The number of piperazine rings is 1. The molecule has 188 valence electrons. The summed E-state index contributed by atoms with van der Waals surface area (Å²) >= 11 is 5.87. The van der Waals surface area contributed by atoms with Crippen molar-refractivity contribution in [2.75, 3.05) is 26.2 Å². The molecule has 12 heteroatoms. The molecule has 1 aromatic heterocycles. The average molecular weight is 534 g/mol. The molecule has 2 aromatic carbocycles. The molecule has 0 saturated carbocycles. The van der Waals surface area contributed by atoms with E-state index < -0.39 is 32.8 Å². The second-order valence-electron chi connectivity index (χ2n) is 7.95. The van der Waals surface area contributed by atoms with E-state index in [1.165, 1.54) is 28.2 Å². The number of halogens is 2. The number of hydrogen-bond donors (Lipinski definition) is 1. The van der Waals surface area contributed by atoms with Crippen molar-refractivity contribution < 1.29 is 31.6 Å². The highest BCUT2D eigenvalue weighted by Crippen LogP contribution is 2.20. The van der Waals surface area contributed by atoms with Crippen LogP contribution in [0.1, 0.15) is 20.9 Å². The van der Waals surface area contributed by atoms with Gasteiger partial charge in [-0.05, 0) is 60.7 Å². The number of nitrogens with one attached hydrogen (secondary N) is 1. The Hall–Kier alpha value is -3.70. The van der Waals surface area contributed by atoms with Gasteiger partial charge in [-0.2, -0.15) is 0 Å². The minimum Gasteiger partial charge on any atom is -0.459 e. The van der Waals surface area contributed by atoms with Gasteiger partial charge in [0.1, 0.15) is 5.82 Å². The Morgan fingerprint density at radius 3 is 2.11 bits per heavy atom. The smallest absolute Gasteiger partial charge is 0.288 e. The van der Waals surface area contributed by atoms with Crippen molar-refractivity contribution in [3.8, 4) is 0 Å². The first kappa shape index (κ1) is 25.4. The molecule has 0 spiro atoms. The number of hydrogen-bond acceptors (Lipinski definition) is 6. The molecule has 3 aromatic rings. The largest absolute Gasteiger partial charge is 0.459 e. The molecule has 36 heavy (non-hydrogen) atoms. The van der Waals surface area contributed by atoms with Crippen molar-refractivity contribution in [2.24, 2.45) is 0 Å². The number of rotatable bonds is 6. The fourth-order valence-corrected chi connectivity index (χ4v) is 5.29. The van der Waals surface area contributed by atoms with E-state index >= 15 is 0 Å². The van der Waals surface area contributed by atoms with Gasteiger partial charge in [-0.3, -0.25) is 14.4 Å². The number of furan rings is 1. The Balaban J connectivity index is 1.53. The Morgan fingerprint density at radius 1 is 0.917 bits per heavy atom. The monoisotopic (exact) mass is 533 g/mol. The molecule has 1 saturated heterocycles. The Morgan fingerprint density at radius 2 is 1.53 bits per heavy atom. The van der Waals surface area contributed by atoms with Crippen LogP contribution >= 0.6 is 11.6 Å². The van der Waals surface area contributed by atoms with Gasteiger partial charge in [-0.15, -0.1) is 0 Å². The third-order valence-electron chi connectivity index (χ3n) is 5.65. The molecular formula is C24H21ClFN3O6S. The number of sulfone groups is 1. The molecule has 1 aliphatic heterocycles. The van der Waals surface area contributed by atoms with Crippen LogP contribution in [0.25, 0.3) is 0 Å². The lowest BCUT2D eigenvalue weighted by Crippen LogP contribution is -2.57. The zero-order valence-electron chi connectivity index (χ0n) is 18.8. The predicted molar refractivity (Wildman–Crippen MR) is 127 cm³/mol. The summed E-state index contributed by atoms with van der Waals surface area (Å²) in [5.74, 6) is -2.86. The minimum atomic E-state index is -4.45. The summed E-state index contributed by atoms with van der Waals surface area (Å²) in [6.07, 6.45) is 1.23. The molecule has 0 radical (unpaired) electrons. The highest BCUT2D eigenvalue weighted by Gasteiger charge is 2.40. The van der Waals surface area contributed by atoms with Gasteiger partial charge in [0.25, 0.3) is 17.7 Å². The van der Waals surface area contributed by atoms with Gasteiger partial charge in [0.05, 0.1) is 11.2 Å². The summed E-state index contributed by atoms with van der Waals surface area (Å²) in [6, 6.07) is 13.1. The van der Waals surface area contributed by atoms with Crippen molar-refractivity contribution >= 4 is 39.2 Å². The van der Waals surface area contributed by atoms with Gasteiger partial charge in [-0.1, -0.05) is 11.6 Å². The van der Waals surface area contributed by atoms with Crippen molar-refractivity contribution in [3.05, 3.63) is 89.1 Å². The van der Waals surface area contributed by atoms with Crippen LogP contribution in [0.5, 0.6) is 0 Å². The lowest BCUT2D eigenvalue weighted by atomic mass is 10.2. The van der Waals surface area contributed by atoms with E-state index in [9.17, 15) is 27.2 Å². The summed E-state index contributed by atoms with van der Waals surface area (Å²) in [6.45, 7) is 0.403. The summed E-state index contributed by atoms with van der Waals surface area (Å²) in [5, 5.41) is 0.742. The molecule has 0 aliphatic carbocycles. The highest BCUT2D eigenvalue weighted by atomic mass is 35.5. The number of nitrogens with zero attached hydrogens (tertiary/aromatic N) is 2. The van der Waals surface area contributed by atoms with Crippen LogP contribution in [0.4, 0.5) is 4.39 Å². The van der Waals surface area contributed by atoms with Crippen molar-refractivity contribution in [3.63, 3.8) is 0 Å². The van der Waals surface area contributed by atoms with Crippen molar-refractivity contribution in [1.82, 2.24) is 15.1 Å². The van der Waals surface area contributed by atoms with Crippen LogP contribution in [0.15, 0.2) is 76.2 Å². The second-order valence-corrected chi connectivity index (χ2v) is 10.4. The van der Waals surface area contributed by atoms with E-state index in [1.54, 1.807) is 24.3 Å². The molecule has 1 N–H and O–H groups in total. The van der Waals surface area contributed by atoms with Crippen LogP contribution in [-0.2, 0) is 14.6 Å². The molecule has 1 atom stereocenters. The van der Waals surface area contributed by atoms with E-state index in [-0.39, 0.29) is 42.7 Å². The number of benzene rings is 2. The maximum atomic E-state index is 13.4. The highest BCUT2D eigenvalue weighted by molar-refractivity contribution is 7.92. The molecule has 0 bridgehead atoms. The molecule has 4 rings (SSSR count). The molecule has 0 unspecified atom stereocenters. The average Bonchev–Trinajstić information content (AvgIpc) is 3.42. The van der Waals surface area contributed by atoms with Gasteiger partial charge in [-0.25, -0.2) is 12.8 Å².